The molecule has 2 rings (SSSR count). The summed E-state index contributed by atoms with van der Waals surface area (Å²) in [5.41, 5.74) is 7.58. The number of aromatic nitrogens is 1. The van der Waals surface area contributed by atoms with Crippen molar-refractivity contribution in [1.29, 1.82) is 0 Å². The zero-order chi connectivity index (χ0) is 13.3. The quantitative estimate of drug-likeness (QED) is 0.782. The van der Waals surface area contributed by atoms with E-state index >= 15 is 0 Å². The highest BCUT2D eigenvalue weighted by Crippen LogP contribution is 2.31. The van der Waals surface area contributed by atoms with Crippen molar-refractivity contribution in [2.75, 3.05) is 30.0 Å². The van der Waals surface area contributed by atoms with Crippen LogP contribution in [-0.2, 0) is 9.84 Å². The maximum absolute atomic E-state index is 11.5. The molecule has 100 valence electrons. The zero-order valence-corrected chi connectivity index (χ0v) is 13.1. The number of pyridine rings is 1. The van der Waals surface area contributed by atoms with Crippen LogP contribution in [0.2, 0.25) is 0 Å². The van der Waals surface area contributed by atoms with Crippen molar-refractivity contribution >= 4 is 43.8 Å². The lowest BCUT2D eigenvalue weighted by Crippen LogP contribution is -2.39. The van der Waals surface area contributed by atoms with Crippen LogP contribution >= 0.6 is 22.6 Å². The Balaban J connectivity index is 2.15. The van der Waals surface area contributed by atoms with Crippen LogP contribution in [0.1, 0.15) is 12.8 Å². The maximum atomic E-state index is 11.5. The molecule has 0 radical (unpaired) electrons. The number of halogens is 1. The van der Waals surface area contributed by atoms with Crippen molar-refractivity contribution in [1.82, 2.24) is 4.98 Å². The summed E-state index contributed by atoms with van der Waals surface area (Å²) in [6.45, 7) is 1.45. The second-order valence-electron chi connectivity index (χ2n) is 4.58. The molecule has 0 aromatic carbocycles. The highest BCUT2D eigenvalue weighted by atomic mass is 127. The first-order valence-corrected chi connectivity index (χ1v) is 8.75. The summed E-state index contributed by atoms with van der Waals surface area (Å²) < 4.78 is 24.0. The van der Waals surface area contributed by atoms with Crippen molar-refractivity contribution in [2.45, 2.75) is 18.1 Å². The molecule has 0 spiro atoms. The normalized spacial score (nSPS) is 18.0. The van der Waals surface area contributed by atoms with Crippen LogP contribution < -0.4 is 10.6 Å². The van der Waals surface area contributed by atoms with Gasteiger partial charge >= 0.3 is 0 Å². The van der Waals surface area contributed by atoms with E-state index in [4.69, 9.17) is 5.73 Å². The van der Waals surface area contributed by atoms with Crippen LogP contribution in [0.5, 0.6) is 0 Å². The molecule has 0 saturated carbocycles. The third-order valence-electron chi connectivity index (χ3n) is 3.26. The van der Waals surface area contributed by atoms with Crippen LogP contribution in [0.4, 0.5) is 11.4 Å². The summed E-state index contributed by atoms with van der Waals surface area (Å²) in [6.07, 6.45) is 6.06. The van der Waals surface area contributed by atoms with Gasteiger partial charge in [0.2, 0.25) is 0 Å². The van der Waals surface area contributed by atoms with Gasteiger partial charge < -0.3 is 10.6 Å². The number of rotatable bonds is 2. The number of nitrogens with two attached hydrogens (primary N) is 1. The van der Waals surface area contributed by atoms with Crippen LogP contribution in [0.25, 0.3) is 0 Å². The van der Waals surface area contributed by atoms with E-state index < -0.39 is 9.84 Å². The van der Waals surface area contributed by atoms with Gasteiger partial charge in [0.05, 0.1) is 26.4 Å². The lowest BCUT2D eigenvalue weighted by atomic mass is 10.1. The molecular weight excluding hydrogens is 365 g/mol. The first kappa shape index (κ1) is 13.9. The van der Waals surface area contributed by atoms with Gasteiger partial charge in [0, 0.05) is 25.5 Å². The van der Waals surface area contributed by atoms with Crippen LogP contribution in [0.3, 0.4) is 0 Å². The van der Waals surface area contributed by atoms with E-state index in [1.807, 2.05) is 0 Å². The predicted molar refractivity (Wildman–Crippen MR) is 81.4 cm³/mol. The molecule has 1 saturated heterocycles. The molecule has 0 unspecified atom stereocenters. The van der Waals surface area contributed by atoms with Crippen molar-refractivity contribution in [3.63, 3.8) is 0 Å². The smallest absolute Gasteiger partial charge is 0.150 e. The Morgan fingerprint density at radius 2 is 2.00 bits per heavy atom. The van der Waals surface area contributed by atoms with E-state index in [0.29, 0.717) is 18.5 Å². The Morgan fingerprint density at radius 1 is 1.39 bits per heavy atom. The van der Waals surface area contributed by atoms with Gasteiger partial charge in [-0.05, 0) is 35.4 Å². The van der Waals surface area contributed by atoms with E-state index in [-0.39, 0.29) is 5.25 Å². The van der Waals surface area contributed by atoms with E-state index in [9.17, 15) is 8.42 Å². The highest BCUT2D eigenvalue weighted by molar-refractivity contribution is 14.1. The Labute approximate surface area is 121 Å². The molecule has 2 N–H and O–H groups in total. The third-order valence-corrected chi connectivity index (χ3v) is 5.74. The molecular formula is C11H16IN3O2S. The summed E-state index contributed by atoms with van der Waals surface area (Å²) in [4.78, 5) is 6.19. The monoisotopic (exact) mass is 381 g/mol. The minimum Gasteiger partial charge on any atom is -0.396 e. The van der Waals surface area contributed by atoms with Gasteiger partial charge in [-0.25, -0.2) is 8.42 Å². The number of nitrogen functional groups attached to an aromatic ring is 1. The lowest BCUT2D eigenvalue weighted by molar-refractivity contribution is 0.534. The first-order chi connectivity index (χ1) is 8.39. The van der Waals surface area contributed by atoms with Gasteiger partial charge in [0.1, 0.15) is 9.84 Å². The van der Waals surface area contributed by atoms with Crippen molar-refractivity contribution in [3.05, 3.63) is 16.0 Å². The maximum Gasteiger partial charge on any atom is 0.150 e. The highest BCUT2D eigenvalue weighted by Gasteiger charge is 2.28. The number of hydrogen-bond donors (Lipinski definition) is 1. The molecule has 1 aromatic heterocycles. The van der Waals surface area contributed by atoms with Crippen LogP contribution in [0.15, 0.2) is 12.4 Å². The van der Waals surface area contributed by atoms with Gasteiger partial charge in [0.15, 0.2) is 0 Å². The number of anilines is 2. The third kappa shape index (κ3) is 2.87. The topological polar surface area (TPSA) is 76.3 Å². The van der Waals surface area contributed by atoms with E-state index in [1.54, 1.807) is 12.4 Å². The molecule has 2 heterocycles. The van der Waals surface area contributed by atoms with Crippen molar-refractivity contribution < 1.29 is 8.42 Å². The lowest BCUT2D eigenvalue weighted by Gasteiger charge is -2.33. The van der Waals surface area contributed by atoms with Crippen molar-refractivity contribution in [3.8, 4) is 0 Å². The average Bonchev–Trinajstić information content (AvgIpc) is 2.28. The average molecular weight is 381 g/mol. The molecule has 1 aromatic rings. The molecule has 7 heteroatoms. The summed E-state index contributed by atoms with van der Waals surface area (Å²) in [7, 11) is -2.92. The van der Waals surface area contributed by atoms with Crippen molar-refractivity contribution in [2.24, 2.45) is 0 Å². The molecule has 18 heavy (non-hydrogen) atoms. The number of hydrogen-bond acceptors (Lipinski definition) is 5. The van der Waals surface area contributed by atoms with Gasteiger partial charge in [-0.15, -0.1) is 0 Å². The summed E-state index contributed by atoms with van der Waals surface area (Å²) in [6, 6.07) is 0. The largest absolute Gasteiger partial charge is 0.396 e. The van der Waals surface area contributed by atoms with Gasteiger partial charge in [-0.3, -0.25) is 4.98 Å². The second-order valence-corrected chi connectivity index (χ2v) is 8.06. The fourth-order valence-electron chi connectivity index (χ4n) is 2.28. The number of sulfone groups is 1. The molecule has 5 nitrogen and oxygen atoms in total. The van der Waals surface area contributed by atoms with Gasteiger partial charge in [0.25, 0.3) is 0 Å². The molecule has 0 aliphatic carbocycles. The number of piperidine rings is 1. The second kappa shape index (κ2) is 5.20. The zero-order valence-electron chi connectivity index (χ0n) is 10.1. The molecule has 0 bridgehead atoms. The fraction of sp³-hybridized carbons (Fsp3) is 0.545. The summed E-state index contributed by atoms with van der Waals surface area (Å²) in [5.74, 6) is 0. The SMILES string of the molecule is CS(=O)(=O)C1CCN(c2c(N)cncc2I)CC1. The number of nitrogens with zero attached hydrogens (tertiary/aromatic N) is 2. The minimum absolute atomic E-state index is 0.213. The molecule has 1 fully saturated rings. The van der Waals surface area contributed by atoms with E-state index in [0.717, 1.165) is 22.3 Å². The summed E-state index contributed by atoms with van der Waals surface area (Å²) in [5, 5.41) is -0.213. The van der Waals surface area contributed by atoms with Gasteiger partial charge in [-0.2, -0.15) is 0 Å². The minimum atomic E-state index is -2.92. The fourth-order valence-corrected chi connectivity index (χ4v) is 4.16. The molecule has 0 atom stereocenters. The predicted octanol–water partition coefficient (Wildman–Crippen LogP) is 1.28. The Hall–Kier alpha value is -0.570. The Bertz CT molecular complexity index is 519. The first-order valence-electron chi connectivity index (χ1n) is 5.72. The summed E-state index contributed by atoms with van der Waals surface area (Å²) >= 11 is 2.21. The molecule has 1 aliphatic heterocycles. The van der Waals surface area contributed by atoms with E-state index in [1.165, 1.54) is 6.26 Å². The Morgan fingerprint density at radius 3 is 2.50 bits per heavy atom. The van der Waals surface area contributed by atoms with Crippen LogP contribution in [-0.4, -0.2) is 38.0 Å². The van der Waals surface area contributed by atoms with Crippen LogP contribution in [0, 0.1) is 3.57 Å². The molecule has 1 aliphatic rings. The van der Waals surface area contributed by atoms with E-state index in [2.05, 4.69) is 32.5 Å². The standard InChI is InChI=1S/C11H16IN3O2S/c1-18(16,17)8-2-4-15(5-3-8)11-9(12)6-14-7-10(11)13/h6-8H,2-5,13H2,1H3. The Kier molecular flexibility index (Phi) is 4.00. The molecule has 0 amide bonds. The van der Waals surface area contributed by atoms with Gasteiger partial charge in [-0.1, -0.05) is 0 Å².